The Morgan fingerprint density at radius 2 is 1.49 bits per heavy atom. The average molecular weight is 552 g/mol. The third-order valence-corrected chi connectivity index (χ3v) is 7.33. The number of hydrogen-bond acceptors (Lipinski definition) is 8. The standard InChI is InChI=1S/C29H33N3O6S/c30-32-31-26-28(36-18-22-12-6-2-7-13-22)27(37-19-23(34)16-33)25(20-35-17-21-10-4-1-5-11-21)38-29(26)39-24-14-8-3-9-15-24/h1-15,23,25-29,33-34H,16-20H2/t23?,25-,26-,27-,28-,29-/m1/s1. The van der Waals surface area contributed by atoms with Gasteiger partial charge in [-0.1, -0.05) is 95.7 Å². The van der Waals surface area contributed by atoms with Crippen molar-refractivity contribution in [2.45, 2.75) is 54.0 Å². The van der Waals surface area contributed by atoms with Crippen LogP contribution in [-0.4, -0.2) is 65.9 Å². The van der Waals surface area contributed by atoms with E-state index in [9.17, 15) is 15.7 Å². The molecule has 1 unspecified atom stereocenters. The van der Waals surface area contributed by atoms with Gasteiger partial charge in [0, 0.05) is 9.81 Å². The summed E-state index contributed by atoms with van der Waals surface area (Å²) in [6.45, 7) is 0.202. The molecule has 1 aliphatic heterocycles. The van der Waals surface area contributed by atoms with E-state index in [0.29, 0.717) is 6.61 Å². The average Bonchev–Trinajstić information content (AvgIpc) is 2.98. The van der Waals surface area contributed by atoms with Crippen molar-refractivity contribution in [1.82, 2.24) is 0 Å². The molecule has 1 saturated heterocycles. The van der Waals surface area contributed by atoms with Gasteiger partial charge in [-0.05, 0) is 28.8 Å². The molecule has 1 aliphatic rings. The Kier molecular flexibility index (Phi) is 11.6. The molecule has 3 aromatic rings. The van der Waals surface area contributed by atoms with Gasteiger partial charge in [-0.2, -0.15) is 0 Å². The van der Waals surface area contributed by atoms with Crippen LogP contribution in [0, 0.1) is 0 Å². The molecule has 0 aliphatic carbocycles. The van der Waals surface area contributed by atoms with Gasteiger partial charge in [-0.25, -0.2) is 0 Å². The minimum Gasteiger partial charge on any atom is -0.394 e. The van der Waals surface area contributed by atoms with Crippen molar-refractivity contribution in [2.75, 3.05) is 19.8 Å². The predicted molar refractivity (Wildman–Crippen MR) is 148 cm³/mol. The third-order valence-electron chi connectivity index (χ3n) is 6.17. The zero-order valence-corrected chi connectivity index (χ0v) is 22.3. The maximum Gasteiger partial charge on any atom is 0.119 e. The number of aliphatic hydroxyl groups is 2. The summed E-state index contributed by atoms with van der Waals surface area (Å²) < 4.78 is 25.0. The fourth-order valence-corrected chi connectivity index (χ4v) is 5.37. The number of benzene rings is 3. The first kappa shape index (κ1) is 29.1. The Morgan fingerprint density at radius 1 is 0.872 bits per heavy atom. The largest absolute Gasteiger partial charge is 0.394 e. The summed E-state index contributed by atoms with van der Waals surface area (Å²) >= 11 is 1.43. The number of nitrogens with zero attached hydrogens (tertiary/aromatic N) is 3. The van der Waals surface area contributed by atoms with Crippen LogP contribution in [0.15, 0.2) is 101 Å². The SMILES string of the molecule is [N-]=[N+]=N[C@@H]1[C@@H](OCc2ccccc2)[C@H](OCC(O)CO)[C@@H](COCc2ccccc2)O[C@@H]1Sc1ccccc1. The zero-order valence-electron chi connectivity index (χ0n) is 21.4. The number of aliphatic hydroxyl groups excluding tert-OH is 2. The molecule has 0 bridgehead atoms. The molecule has 0 aromatic heterocycles. The van der Waals surface area contributed by atoms with E-state index in [1.54, 1.807) is 0 Å². The minimum absolute atomic E-state index is 0.148. The molecule has 0 radical (unpaired) electrons. The second-order valence-electron chi connectivity index (χ2n) is 9.07. The highest BCUT2D eigenvalue weighted by Crippen LogP contribution is 2.37. The fourth-order valence-electron chi connectivity index (χ4n) is 4.24. The molecule has 2 N–H and O–H groups in total. The summed E-state index contributed by atoms with van der Waals surface area (Å²) in [7, 11) is 0. The van der Waals surface area contributed by atoms with Crippen LogP contribution in [0.5, 0.6) is 0 Å². The molecule has 6 atom stereocenters. The lowest BCUT2D eigenvalue weighted by Crippen LogP contribution is -2.59. The molecule has 0 amide bonds. The van der Waals surface area contributed by atoms with E-state index < -0.39 is 42.5 Å². The van der Waals surface area contributed by atoms with Gasteiger partial charge < -0.3 is 29.2 Å². The van der Waals surface area contributed by atoms with Crippen molar-refractivity contribution >= 4 is 11.8 Å². The van der Waals surface area contributed by atoms with Crippen LogP contribution in [0.2, 0.25) is 0 Å². The summed E-state index contributed by atoms with van der Waals surface area (Å²) in [5, 5.41) is 23.5. The van der Waals surface area contributed by atoms with E-state index in [1.807, 2.05) is 91.0 Å². The van der Waals surface area contributed by atoms with Crippen LogP contribution in [0.4, 0.5) is 0 Å². The number of ether oxygens (including phenoxy) is 4. The molecule has 4 rings (SSSR count). The van der Waals surface area contributed by atoms with Gasteiger partial charge in [-0.3, -0.25) is 0 Å². The van der Waals surface area contributed by atoms with E-state index in [2.05, 4.69) is 10.0 Å². The van der Waals surface area contributed by atoms with E-state index in [4.69, 9.17) is 18.9 Å². The first-order valence-electron chi connectivity index (χ1n) is 12.8. The molecule has 0 spiro atoms. The molecule has 1 heterocycles. The Bertz CT molecular complexity index is 1150. The molecule has 0 saturated carbocycles. The summed E-state index contributed by atoms with van der Waals surface area (Å²) in [4.78, 5) is 4.05. The van der Waals surface area contributed by atoms with Gasteiger partial charge in [0.2, 0.25) is 0 Å². The predicted octanol–water partition coefficient (Wildman–Crippen LogP) is 4.72. The summed E-state index contributed by atoms with van der Waals surface area (Å²) in [6, 6.07) is 28.4. The molecular formula is C29H33N3O6S. The Balaban J connectivity index is 1.60. The minimum atomic E-state index is -1.08. The number of thioether (sulfide) groups is 1. The number of rotatable bonds is 14. The lowest BCUT2D eigenvalue weighted by Gasteiger charge is -2.45. The number of hydrogen-bond donors (Lipinski definition) is 2. The van der Waals surface area contributed by atoms with Crippen LogP contribution in [0.25, 0.3) is 10.4 Å². The normalized spacial score (nSPS) is 23.6. The van der Waals surface area contributed by atoms with Crippen molar-refractivity contribution in [3.63, 3.8) is 0 Å². The molecule has 9 nitrogen and oxygen atoms in total. The van der Waals surface area contributed by atoms with Crippen LogP contribution in [0.3, 0.4) is 0 Å². The van der Waals surface area contributed by atoms with Crippen LogP contribution < -0.4 is 0 Å². The van der Waals surface area contributed by atoms with Gasteiger partial charge in [0.15, 0.2) is 0 Å². The second kappa shape index (κ2) is 15.6. The van der Waals surface area contributed by atoms with Crippen molar-refractivity contribution in [2.24, 2.45) is 5.11 Å². The quantitative estimate of drug-likeness (QED) is 0.169. The summed E-state index contributed by atoms with van der Waals surface area (Å²) in [5.41, 5.74) is 10.9. The van der Waals surface area contributed by atoms with Gasteiger partial charge >= 0.3 is 0 Å². The Hall–Kier alpha value is -2.92. The van der Waals surface area contributed by atoms with Gasteiger partial charge in [0.1, 0.15) is 29.8 Å². The van der Waals surface area contributed by atoms with Crippen molar-refractivity contribution in [3.8, 4) is 0 Å². The van der Waals surface area contributed by atoms with Crippen molar-refractivity contribution < 1.29 is 29.2 Å². The highest BCUT2D eigenvalue weighted by Gasteiger charge is 2.48. The molecule has 3 aromatic carbocycles. The van der Waals surface area contributed by atoms with E-state index in [1.165, 1.54) is 11.8 Å². The van der Waals surface area contributed by atoms with Crippen molar-refractivity contribution in [1.29, 1.82) is 0 Å². The summed E-state index contributed by atoms with van der Waals surface area (Å²) in [6.07, 6.45) is -3.15. The van der Waals surface area contributed by atoms with E-state index in [0.717, 1.165) is 16.0 Å². The van der Waals surface area contributed by atoms with Gasteiger partial charge in [-0.15, -0.1) is 0 Å². The topological polar surface area (TPSA) is 126 Å². The first-order chi connectivity index (χ1) is 19.2. The summed E-state index contributed by atoms with van der Waals surface area (Å²) in [5.74, 6) is 0. The van der Waals surface area contributed by atoms with Crippen LogP contribution >= 0.6 is 11.8 Å². The third kappa shape index (κ3) is 8.79. The molecule has 206 valence electrons. The highest BCUT2D eigenvalue weighted by atomic mass is 32.2. The lowest BCUT2D eigenvalue weighted by molar-refractivity contribution is -0.214. The van der Waals surface area contributed by atoms with E-state index >= 15 is 0 Å². The molecule has 39 heavy (non-hydrogen) atoms. The smallest absolute Gasteiger partial charge is 0.119 e. The highest BCUT2D eigenvalue weighted by molar-refractivity contribution is 7.99. The number of azide groups is 1. The Labute approximate surface area is 232 Å². The first-order valence-corrected chi connectivity index (χ1v) is 13.6. The Morgan fingerprint density at radius 3 is 2.10 bits per heavy atom. The van der Waals surface area contributed by atoms with Gasteiger partial charge in [0.25, 0.3) is 0 Å². The molecule has 10 heteroatoms. The van der Waals surface area contributed by atoms with Crippen molar-refractivity contribution in [3.05, 3.63) is 113 Å². The van der Waals surface area contributed by atoms with Crippen LogP contribution in [0.1, 0.15) is 11.1 Å². The maximum atomic E-state index is 10.0. The lowest BCUT2D eigenvalue weighted by atomic mass is 9.97. The maximum absolute atomic E-state index is 10.0. The molecule has 1 fully saturated rings. The molecular weight excluding hydrogens is 518 g/mol. The van der Waals surface area contributed by atoms with E-state index in [-0.39, 0.29) is 19.8 Å². The van der Waals surface area contributed by atoms with Gasteiger partial charge in [0.05, 0.1) is 39.1 Å². The zero-order chi connectivity index (χ0) is 27.3. The van der Waals surface area contributed by atoms with Crippen LogP contribution in [-0.2, 0) is 32.2 Å². The monoisotopic (exact) mass is 551 g/mol. The fraction of sp³-hybridized carbons (Fsp3) is 0.379. The second-order valence-corrected chi connectivity index (χ2v) is 10.2.